The fourth-order valence-electron chi connectivity index (χ4n) is 2.16. The molecule has 1 aliphatic heterocycles. The average molecular weight is 326 g/mol. The van der Waals surface area contributed by atoms with E-state index in [9.17, 15) is 8.42 Å². The van der Waals surface area contributed by atoms with E-state index in [4.69, 9.17) is 19.4 Å². The first-order chi connectivity index (χ1) is 9.18. The molecule has 0 aliphatic carbocycles. The smallest absolute Gasteiger partial charge is 0.398 e. The topological polar surface area (TPSA) is 115 Å². The molecular weight excluding hydrogens is 307 g/mol. The first-order valence-electron chi connectivity index (χ1n) is 6.10. The van der Waals surface area contributed by atoms with Gasteiger partial charge in [0, 0.05) is 11.3 Å². The number of benzene rings is 1. The number of hydrogen-bond donors (Lipinski definition) is 2. The molecule has 0 spiro atoms. The molecule has 1 heterocycles. The summed E-state index contributed by atoms with van der Waals surface area (Å²) in [6, 6.07) is 7.21. The molecule has 0 radical (unpaired) electrons. The summed E-state index contributed by atoms with van der Waals surface area (Å²) in [5, 5.41) is 2.91. The van der Waals surface area contributed by atoms with Crippen molar-refractivity contribution in [3.63, 3.8) is 0 Å². The number of hydrogen-bond acceptors (Lipinski definition) is 6. The number of anilines is 1. The Morgan fingerprint density at radius 2 is 1.95 bits per heavy atom. The maximum atomic E-state index is 11.0. The Labute approximate surface area is 146 Å². The zero-order valence-corrected chi connectivity index (χ0v) is 15.2. The third-order valence-corrected chi connectivity index (χ3v) is 3.39. The van der Waals surface area contributed by atoms with E-state index < -0.39 is 28.3 Å². The summed E-state index contributed by atoms with van der Waals surface area (Å²) >= 11 is 0. The molecule has 2 atom stereocenters. The van der Waals surface area contributed by atoms with Crippen molar-refractivity contribution < 1.29 is 56.8 Å². The molecule has 9 heteroatoms. The number of rotatable bonds is 4. The zero-order chi connectivity index (χ0) is 15.0. The fraction of sp³-hybridized carbons (Fsp3) is 0.500. The van der Waals surface area contributed by atoms with Gasteiger partial charge in [-0.2, -0.15) is 0 Å². The van der Waals surface area contributed by atoms with Gasteiger partial charge in [-0.25, -0.2) is 9.32 Å². The van der Waals surface area contributed by atoms with Gasteiger partial charge in [-0.1, -0.05) is 18.2 Å². The van der Waals surface area contributed by atoms with Crippen LogP contribution in [0.2, 0.25) is 0 Å². The van der Waals surface area contributed by atoms with Crippen LogP contribution in [-0.4, -0.2) is 26.9 Å². The molecule has 0 saturated carbocycles. The fourth-order valence-corrected chi connectivity index (χ4v) is 2.50. The molecule has 0 unspecified atom stereocenters. The van der Waals surface area contributed by atoms with E-state index in [1.54, 1.807) is 19.9 Å². The first-order valence-corrected chi connectivity index (χ1v) is 7.68. The molecule has 5 N–H and O–H groups in total. The van der Waals surface area contributed by atoms with Gasteiger partial charge < -0.3 is 15.2 Å². The van der Waals surface area contributed by atoms with Crippen molar-refractivity contribution in [3.05, 3.63) is 29.8 Å². The monoisotopic (exact) mass is 326 g/mol. The zero-order valence-electron chi connectivity index (χ0n) is 12.4. The van der Waals surface area contributed by atoms with E-state index in [0.29, 0.717) is 5.69 Å². The standard InChI is InChI=1S/C12H18N2O5S.Na/c1-12(2)18-10(7-17-20(14,15)16)11(19-12)8-5-3-4-6-9(8)13;/h3-6,10-11H,7,13H2,1-2H3,(H2,14,15,16);/q;+1/p+1/t10-,11-;/m1./s1. The molecule has 1 aromatic rings. The van der Waals surface area contributed by atoms with Gasteiger partial charge in [0.15, 0.2) is 5.79 Å². The molecule has 112 valence electrons. The second-order valence-electron chi connectivity index (χ2n) is 5.07. The van der Waals surface area contributed by atoms with Gasteiger partial charge in [0.05, 0.1) is 0 Å². The third-order valence-electron chi connectivity index (χ3n) is 2.90. The van der Waals surface area contributed by atoms with Gasteiger partial charge in [-0.3, -0.25) is 0 Å². The number of ether oxygens (including phenoxy) is 2. The molecule has 0 aromatic heterocycles. The van der Waals surface area contributed by atoms with E-state index >= 15 is 0 Å². The number of nitrogens with two attached hydrogens (primary N) is 1. The summed E-state index contributed by atoms with van der Waals surface area (Å²) in [6.07, 6.45) is -1.07. The van der Waals surface area contributed by atoms with Crippen LogP contribution in [0.5, 0.6) is 0 Å². The van der Waals surface area contributed by atoms with Gasteiger partial charge in [-0.05, 0) is 19.9 Å². The van der Waals surface area contributed by atoms with Gasteiger partial charge in [0.2, 0.25) is 0 Å². The van der Waals surface area contributed by atoms with Crippen LogP contribution in [0.1, 0.15) is 25.5 Å². The number of para-hydroxylation sites is 1. The van der Waals surface area contributed by atoms with Crippen LogP contribution < -0.4 is 40.4 Å². The Hall–Kier alpha value is -0.190. The predicted octanol–water partition coefficient (Wildman–Crippen LogP) is -3.03. The summed E-state index contributed by atoms with van der Waals surface area (Å²) < 4.78 is 38.2. The Balaban J connectivity index is 0.00000220. The molecule has 0 amide bonds. The molecule has 21 heavy (non-hydrogen) atoms. The van der Waals surface area contributed by atoms with E-state index in [1.165, 1.54) is 0 Å². The van der Waals surface area contributed by atoms with Crippen LogP contribution in [0, 0.1) is 0 Å². The summed E-state index contributed by atoms with van der Waals surface area (Å²) in [7, 11) is -3.78. The van der Waals surface area contributed by atoms with Crippen molar-refractivity contribution >= 4 is 16.0 Å². The maximum absolute atomic E-state index is 11.0. The van der Waals surface area contributed by atoms with Gasteiger partial charge in [0.1, 0.15) is 18.8 Å². The van der Waals surface area contributed by atoms with E-state index in [2.05, 4.69) is 5.14 Å². The van der Waals surface area contributed by atoms with Gasteiger partial charge in [0.25, 0.3) is 0 Å². The normalized spacial score (nSPS) is 24.5. The predicted molar refractivity (Wildman–Crippen MR) is 71.4 cm³/mol. The van der Waals surface area contributed by atoms with Crippen LogP contribution in [0.4, 0.5) is 5.69 Å². The molecule has 1 aliphatic rings. The second kappa shape index (κ2) is 6.93. The Morgan fingerprint density at radius 3 is 2.52 bits per heavy atom. The van der Waals surface area contributed by atoms with Crippen LogP contribution in [0.15, 0.2) is 24.3 Å². The summed E-state index contributed by atoms with van der Waals surface area (Å²) in [5.74, 6) is -0.841. The molecular formula is C12H19N2NaO5S+2. The van der Waals surface area contributed by atoms with Crippen LogP contribution in [-0.2, 0) is 24.0 Å². The molecule has 7 nitrogen and oxygen atoms in total. The third kappa shape index (κ3) is 5.19. The quantitative estimate of drug-likeness (QED) is 0.449. The summed E-state index contributed by atoms with van der Waals surface area (Å²) in [4.78, 5) is 0. The van der Waals surface area contributed by atoms with Gasteiger partial charge in [-0.15, -0.1) is 8.42 Å². The van der Waals surface area contributed by atoms with Crippen LogP contribution in [0.25, 0.3) is 0 Å². The van der Waals surface area contributed by atoms with Crippen molar-refractivity contribution in [1.29, 1.82) is 0 Å². The van der Waals surface area contributed by atoms with Crippen LogP contribution in [0.3, 0.4) is 0 Å². The summed E-state index contributed by atoms with van der Waals surface area (Å²) in [6.45, 7) is 3.32. The van der Waals surface area contributed by atoms with E-state index in [0.717, 1.165) is 5.56 Å². The maximum Gasteiger partial charge on any atom is 1.00 e. The Kier molecular flexibility index (Phi) is 6.22. The van der Waals surface area contributed by atoms with Gasteiger partial charge >= 0.3 is 39.9 Å². The largest absolute Gasteiger partial charge is 1.00 e. The van der Waals surface area contributed by atoms with Crippen LogP contribution >= 0.6 is 0 Å². The first kappa shape index (κ1) is 18.9. The minimum absolute atomic E-state index is 0. The SMILES string of the molecule is CC1(C)O[C@H](c2ccccc2N)[C@@H](COS([NH3+])(=O)=O)O1.[Na+]. The van der Waals surface area contributed by atoms with Crippen molar-refractivity contribution in [2.45, 2.75) is 31.8 Å². The van der Waals surface area contributed by atoms with Crippen molar-refractivity contribution in [2.75, 3.05) is 12.3 Å². The Morgan fingerprint density at radius 1 is 1.33 bits per heavy atom. The molecule has 1 aromatic carbocycles. The Bertz CT molecular complexity index is 593. The molecule has 0 bridgehead atoms. The van der Waals surface area contributed by atoms with E-state index in [-0.39, 0.29) is 36.2 Å². The number of nitrogen functional groups attached to an aromatic ring is 1. The van der Waals surface area contributed by atoms with Crippen molar-refractivity contribution in [3.8, 4) is 0 Å². The van der Waals surface area contributed by atoms with Crippen molar-refractivity contribution in [2.24, 2.45) is 0 Å². The average Bonchev–Trinajstić information content (AvgIpc) is 2.62. The minimum Gasteiger partial charge on any atom is -0.398 e. The minimum atomic E-state index is -3.78. The molecule has 2 rings (SSSR count). The molecule has 1 fully saturated rings. The van der Waals surface area contributed by atoms with Crippen molar-refractivity contribution in [1.82, 2.24) is 0 Å². The number of quaternary nitrogens is 1. The molecule has 1 saturated heterocycles. The van der Waals surface area contributed by atoms with E-state index in [1.807, 2.05) is 18.2 Å². The second-order valence-corrected chi connectivity index (χ2v) is 6.42. The summed E-state index contributed by atoms with van der Waals surface area (Å²) in [5.41, 5.74) is 7.23.